The van der Waals surface area contributed by atoms with Crippen molar-refractivity contribution in [2.75, 3.05) is 26.7 Å². The van der Waals surface area contributed by atoms with Crippen LogP contribution in [0.15, 0.2) is 29.8 Å². The van der Waals surface area contributed by atoms with Crippen molar-refractivity contribution in [1.82, 2.24) is 10.6 Å². The van der Waals surface area contributed by atoms with Gasteiger partial charge in [0.15, 0.2) is 0 Å². The average molecular weight is 232 g/mol. The molecule has 4 heteroatoms. The maximum Gasteiger partial charge on any atom is 0.250 e. The van der Waals surface area contributed by atoms with E-state index in [0.717, 1.165) is 17.9 Å². The summed E-state index contributed by atoms with van der Waals surface area (Å²) in [5, 5.41) is 5.81. The van der Waals surface area contributed by atoms with E-state index in [9.17, 15) is 4.79 Å². The maximum atomic E-state index is 11.8. The van der Waals surface area contributed by atoms with Crippen molar-refractivity contribution in [3.8, 4) is 5.75 Å². The third-order valence-corrected chi connectivity index (χ3v) is 2.58. The lowest BCUT2D eigenvalue weighted by Gasteiger charge is -2.17. The van der Waals surface area contributed by atoms with Crippen molar-refractivity contribution in [3.05, 3.63) is 35.4 Å². The minimum absolute atomic E-state index is 0.0604. The number of amides is 1. The summed E-state index contributed by atoms with van der Waals surface area (Å²) in [5.41, 5.74) is 1.62. The van der Waals surface area contributed by atoms with Crippen LogP contribution >= 0.6 is 0 Å². The van der Waals surface area contributed by atoms with Crippen LogP contribution in [0.1, 0.15) is 5.56 Å². The molecule has 1 amide bonds. The summed E-state index contributed by atoms with van der Waals surface area (Å²) >= 11 is 0. The van der Waals surface area contributed by atoms with Crippen molar-refractivity contribution < 1.29 is 9.53 Å². The Morgan fingerprint density at radius 3 is 3.00 bits per heavy atom. The van der Waals surface area contributed by atoms with E-state index in [2.05, 4.69) is 10.6 Å². The zero-order chi connectivity index (χ0) is 12.1. The summed E-state index contributed by atoms with van der Waals surface area (Å²) in [5.74, 6) is 0.772. The molecule has 0 fully saturated rings. The lowest BCUT2D eigenvalue weighted by molar-refractivity contribution is -0.117. The first-order valence-electron chi connectivity index (χ1n) is 5.66. The molecule has 0 bridgehead atoms. The van der Waals surface area contributed by atoms with E-state index in [4.69, 9.17) is 4.74 Å². The van der Waals surface area contributed by atoms with Crippen molar-refractivity contribution in [2.45, 2.75) is 0 Å². The number of benzene rings is 1. The van der Waals surface area contributed by atoms with Crippen LogP contribution in [0.5, 0.6) is 5.75 Å². The number of rotatable bonds is 4. The second kappa shape index (κ2) is 5.50. The van der Waals surface area contributed by atoms with Crippen molar-refractivity contribution >= 4 is 12.0 Å². The molecule has 2 N–H and O–H groups in total. The first kappa shape index (κ1) is 11.7. The average Bonchev–Trinajstić information content (AvgIpc) is 2.38. The number of fused-ring (bicyclic) bond motifs is 1. The number of carbonyl (C=O) groups is 1. The van der Waals surface area contributed by atoms with Gasteiger partial charge in [-0.25, -0.2) is 0 Å². The molecular weight excluding hydrogens is 216 g/mol. The van der Waals surface area contributed by atoms with Crippen molar-refractivity contribution in [2.24, 2.45) is 0 Å². The predicted molar refractivity (Wildman–Crippen MR) is 66.9 cm³/mol. The van der Waals surface area contributed by atoms with Crippen LogP contribution in [0, 0.1) is 0 Å². The molecule has 4 nitrogen and oxygen atoms in total. The van der Waals surface area contributed by atoms with Gasteiger partial charge in [-0.15, -0.1) is 0 Å². The van der Waals surface area contributed by atoms with Crippen LogP contribution < -0.4 is 15.4 Å². The summed E-state index contributed by atoms with van der Waals surface area (Å²) < 4.78 is 5.52. The van der Waals surface area contributed by atoms with Gasteiger partial charge in [-0.3, -0.25) is 4.79 Å². The van der Waals surface area contributed by atoms with Gasteiger partial charge in [0, 0.05) is 18.7 Å². The van der Waals surface area contributed by atoms with E-state index in [0.29, 0.717) is 18.7 Å². The monoisotopic (exact) mass is 232 g/mol. The standard InChI is InChI=1S/C13H16N2O2/c1-14-6-7-15-13(16)11-8-10-4-2-3-5-12(10)17-9-11/h2-5,8,14H,6-7,9H2,1H3,(H,15,16). The summed E-state index contributed by atoms with van der Waals surface area (Å²) in [7, 11) is 1.85. The van der Waals surface area contributed by atoms with Gasteiger partial charge < -0.3 is 15.4 Å². The van der Waals surface area contributed by atoms with Crippen molar-refractivity contribution in [1.29, 1.82) is 0 Å². The first-order valence-corrected chi connectivity index (χ1v) is 5.66. The molecule has 0 radical (unpaired) electrons. The topological polar surface area (TPSA) is 50.4 Å². The highest BCUT2D eigenvalue weighted by molar-refractivity contribution is 5.99. The highest BCUT2D eigenvalue weighted by atomic mass is 16.5. The highest BCUT2D eigenvalue weighted by Gasteiger charge is 2.16. The molecule has 0 saturated heterocycles. The maximum absolute atomic E-state index is 11.8. The molecule has 17 heavy (non-hydrogen) atoms. The second-order valence-electron chi connectivity index (χ2n) is 3.86. The predicted octanol–water partition coefficient (Wildman–Crippen LogP) is 0.798. The molecule has 1 aromatic carbocycles. The van der Waals surface area contributed by atoms with Gasteiger partial charge in [0.1, 0.15) is 12.4 Å². The number of likely N-dealkylation sites (N-methyl/N-ethyl adjacent to an activating group) is 1. The fraction of sp³-hybridized carbons (Fsp3) is 0.308. The Morgan fingerprint density at radius 1 is 1.35 bits per heavy atom. The highest BCUT2D eigenvalue weighted by Crippen LogP contribution is 2.25. The fourth-order valence-electron chi connectivity index (χ4n) is 1.66. The van der Waals surface area contributed by atoms with Gasteiger partial charge in [0.25, 0.3) is 5.91 Å². The molecule has 1 heterocycles. The van der Waals surface area contributed by atoms with Gasteiger partial charge in [0.05, 0.1) is 5.57 Å². The fourth-order valence-corrected chi connectivity index (χ4v) is 1.66. The van der Waals surface area contributed by atoms with Gasteiger partial charge in [0.2, 0.25) is 0 Å². The van der Waals surface area contributed by atoms with E-state index in [-0.39, 0.29) is 5.91 Å². The number of nitrogens with one attached hydrogen (secondary N) is 2. The number of hydrogen-bond acceptors (Lipinski definition) is 3. The van der Waals surface area contributed by atoms with Crippen LogP contribution in [-0.4, -0.2) is 32.7 Å². The van der Waals surface area contributed by atoms with Crippen LogP contribution in [0.4, 0.5) is 0 Å². The summed E-state index contributed by atoms with van der Waals surface area (Å²) in [6, 6.07) is 7.70. The number of carbonyl (C=O) groups excluding carboxylic acids is 1. The molecule has 0 saturated carbocycles. The molecule has 2 rings (SSSR count). The molecule has 1 aliphatic rings. The largest absolute Gasteiger partial charge is 0.488 e. The molecule has 1 aliphatic heterocycles. The van der Waals surface area contributed by atoms with Gasteiger partial charge in [-0.2, -0.15) is 0 Å². The molecule has 0 spiro atoms. The third-order valence-electron chi connectivity index (χ3n) is 2.58. The van der Waals surface area contributed by atoms with Crippen LogP contribution in [0.3, 0.4) is 0 Å². The number of ether oxygens (including phenoxy) is 1. The molecule has 0 atom stereocenters. The van der Waals surface area contributed by atoms with Gasteiger partial charge >= 0.3 is 0 Å². The quantitative estimate of drug-likeness (QED) is 0.755. The van der Waals surface area contributed by atoms with Crippen LogP contribution in [-0.2, 0) is 4.79 Å². The first-order chi connectivity index (χ1) is 8.31. The molecule has 0 aliphatic carbocycles. The molecule has 1 aromatic rings. The van der Waals surface area contributed by atoms with Crippen molar-refractivity contribution in [3.63, 3.8) is 0 Å². The zero-order valence-corrected chi connectivity index (χ0v) is 9.82. The Kier molecular flexibility index (Phi) is 3.77. The Hall–Kier alpha value is -1.81. The van der Waals surface area contributed by atoms with Gasteiger partial charge in [-0.1, -0.05) is 18.2 Å². The SMILES string of the molecule is CNCCNC(=O)C1=Cc2ccccc2OC1. The molecular formula is C13H16N2O2. The molecule has 0 aromatic heterocycles. The third kappa shape index (κ3) is 2.85. The number of para-hydroxylation sites is 1. The van der Waals surface area contributed by atoms with E-state index in [1.54, 1.807) is 0 Å². The summed E-state index contributed by atoms with van der Waals surface area (Å²) in [6.45, 7) is 1.72. The minimum Gasteiger partial charge on any atom is -0.488 e. The van der Waals surface area contributed by atoms with E-state index < -0.39 is 0 Å². The summed E-state index contributed by atoms with van der Waals surface area (Å²) in [4.78, 5) is 11.8. The van der Waals surface area contributed by atoms with Gasteiger partial charge in [-0.05, 0) is 19.2 Å². The Balaban J connectivity index is 2.04. The summed E-state index contributed by atoms with van der Waals surface area (Å²) in [6.07, 6.45) is 1.88. The van der Waals surface area contributed by atoms with E-state index >= 15 is 0 Å². The van der Waals surface area contributed by atoms with E-state index in [1.807, 2.05) is 37.4 Å². The number of hydrogen-bond donors (Lipinski definition) is 2. The Bertz CT molecular complexity index is 441. The lowest BCUT2D eigenvalue weighted by atomic mass is 10.1. The Morgan fingerprint density at radius 2 is 2.18 bits per heavy atom. The second-order valence-corrected chi connectivity index (χ2v) is 3.86. The zero-order valence-electron chi connectivity index (χ0n) is 9.82. The normalized spacial score (nSPS) is 13.4. The smallest absolute Gasteiger partial charge is 0.250 e. The molecule has 90 valence electrons. The Labute approximate surface area is 101 Å². The molecule has 0 unspecified atom stereocenters. The van der Waals surface area contributed by atoms with E-state index in [1.165, 1.54) is 0 Å². The van der Waals surface area contributed by atoms with Crippen LogP contribution in [0.2, 0.25) is 0 Å². The minimum atomic E-state index is -0.0604. The van der Waals surface area contributed by atoms with Crippen LogP contribution in [0.25, 0.3) is 6.08 Å². The lowest BCUT2D eigenvalue weighted by Crippen LogP contribution is -2.33.